The second kappa shape index (κ2) is 4.61. The Morgan fingerprint density at radius 1 is 0.955 bits per heavy atom. The monoisotopic (exact) mass is 306 g/mol. The maximum atomic E-state index is 12.1. The third-order valence-corrected chi connectivity index (χ3v) is 4.47. The number of benzene rings is 1. The van der Waals surface area contributed by atoms with Crippen LogP contribution >= 0.6 is 0 Å². The third-order valence-electron chi connectivity index (χ3n) is 4.47. The van der Waals surface area contributed by atoms with E-state index in [-0.39, 0.29) is 6.79 Å². The van der Waals surface area contributed by atoms with E-state index in [9.17, 15) is 9.59 Å². The number of methoxy groups -OCH3 is 2. The molecule has 0 aromatic heterocycles. The highest BCUT2D eigenvalue weighted by atomic mass is 16.7. The highest BCUT2D eigenvalue weighted by Crippen LogP contribution is 2.59. The summed E-state index contributed by atoms with van der Waals surface area (Å²) < 4.78 is 26.3. The molecule has 4 rings (SSSR count). The lowest BCUT2D eigenvalue weighted by Gasteiger charge is -2.26. The molecule has 1 fully saturated rings. The molecule has 1 aromatic rings. The van der Waals surface area contributed by atoms with Crippen LogP contribution in [0.3, 0.4) is 0 Å². The van der Waals surface area contributed by atoms with E-state index >= 15 is 0 Å². The molecule has 3 aliphatic heterocycles. The van der Waals surface area contributed by atoms with Gasteiger partial charge in [-0.15, -0.1) is 0 Å². The molecule has 116 valence electrons. The fourth-order valence-electron chi connectivity index (χ4n) is 3.52. The predicted molar refractivity (Wildman–Crippen MR) is 70.1 cm³/mol. The SMILES string of the molecule is COC(=O)C1C2O[C@H](c3cc4c(cc32)OCO4)C1C(=O)OC. The molecule has 0 aliphatic carbocycles. The Hall–Kier alpha value is -2.28. The highest BCUT2D eigenvalue weighted by molar-refractivity contribution is 5.85. The lowest BCUT2D eigenvalue weighted by molar-refractivity contribution is -0.157. The first kappa shape index (κ1) is 13.4. The molecule has 1 saturated heterocycles. The molecule has 0 radical (unpaired) electrons. The summed E-state index contributed by atoms with van der Waals surface area (Å²) in [4.78, 5) is 24.2. The van der Waals surface area contributed by atoms with Gasteiger partial charge in [-0.3, -0.25) is 9.59 Å². The number of ether oxygens (including phenoxy) is 5. The largest absolute Gasteiger partial charge is 0.469 e. The minimum absolute atomic E-state index is 0.162. The highest BCUT2D eigenvalue weighted by Gasteiger charge is 2.59. The van der Waals surface area contributed by atoms with E-state index in [0.717, 1.165) is 11.1 Å². The quantitative estimate of drug-likeness (QED) is 0.757. The van der Waals surface area contributed by atoms with Crippen molar-refractivity contribution in [2.75, 3.05) is 21.0 Å². The predicted octanol–water partition coefficient (Wildman–Crippen LogP) is 1.12. The number of carbonyl (C=O) groups is 2. The maximum absolute atomic E-state index is 12.1. The Labute approximate surface area is 126 Å². The van der Waals surface area contributed by atoms with Gasteiger partial charge in [-0.25, -0.2) is 0 Å². The second-order valence-corrected chi connectivity index (χ2v) is 5.41. The lowest BCUT2D eigenvalue weighted by Crippen LogP contribution is -2.35. The summed E-state index contributed by atoms with van der Waals surface area (Å²) >= 11 is 0. The van der Waals surface area contributed by atoms with Crippen molar-refractivity contribution < 1.29 is 33.3 Å². The summed E-state index contributed by atoms with van der Waals surface area (Å²) in [5, 5.41) is 0. The van der Waals surface area contributed by atoms with Gasteiger partial charge in [0.2, 0.25) is 6.79 Å². The molecule has 3 heterocycles. The molecule has 4 atom stereocenters. The summed E-state index contributed by atoms with van der Waals surface area (Å²) in [7, 11) is 2.59. The average molecular weight is 306 g/mol. The molecular formula is C15H14O7. The lowest BCUT2D eigenvalue weighted by atomic mass is 9.75. The number of rotatable bonds is 2. The molecule has 22 heavy (non-hydrogen) atoms. The van der Waals surface area contributed by atoms with Gasteiger partial charge in [0, 0.05) is 0 Å². The van der Waals surface area contributed by atoms with Crippen LogP contribution in [0.2, 0.25) is 0 Å². The van der Waals surface area contributed by atoms with Crippen molar-refractivity contribution in [1.82, 2.24) is 0 Å². The Bertz CT molecular complexity index is 613. The second-order valence-electron chi connectivity index (χ2n) is 5.41. The number of hydrogen-bond donors (Lipinski definition) is 0. The molecular weight excluding hydrogens is 292 g/mol. The van der Waals surface area contributed by atoms with Gasteiger partial charge in [-0.1, -0.05) is 0 Å². The zero-order valence-corrected chi connectivity index (χ0v) is 12.0. The van der Waals surface area contributed by atoms with Gasteiger partial charge in [0.15, 0.2) is 11.5 Å². The first-order chi connectivity index (χ1) is 10.7. The Morgan fingerprint density at radius 2 is 1.41 bits per heavy atom. The van der Waals surface area contributed by atoms with Crippen LogP contribution in [0.1, 0.15) is 23.3 Å². The average Bonchev–Trinajstić information content (AvgIpc) is 3.23. The van der Waals surface area contributed by atoms with Crippen LogP contribution in [-0.4, -0.2) is 33.0 Å². The topological polar surface area (TPSA) is 80.3 Å². The number of carbonyl (C=O) groups excluding carboxylic acids is 2. The van der Waals surface area contributed by atoms with Crippen LogP contribution in [0.25, 0.3) is 0 Å². The van der Waals surface area contributed by atoms with Crippen LogP contribution in [0.15, 0.2) is 12.1 Å². The van der Waals surface area contributed by atoms with E-state index in [2.05, 4.69) is 0 Å². The first-order valence-corrected chi connectivity index (χ1v) is 6.90. The summed E-state index contributed by atoms with van der Waals surface area (Å²) in [6, 6.07) is 3.62. The Kier molecular flexibility index (Phi) is 2.80. The fraction of sp³-hybridized carbons (Fsp3) is 0.467. The normalized spacial score (nSPS) is 30.1. The van der Waals surface area contributed by atoms with E-state index in [4.69, 9.17) is 23.7 Å². The molecule has 7 heteroatoms. The van der Waals surface area contributed by atoms with Crippen LogP contribution in [0.4, 0.5) is 0 Å². The smallest absolute Gasteiger partial charge is 0.312 e. The van der Waals surface area contributed by atoms with Gasteiger partial charge in [0.05, 0.1) is 26.4 Å². The first-order valence-electron chi connectivity index (χ1n) is 6.90. The van der Waals surface area contributed by atoms with Gasteiger partial charge in [-0.2, -0.15) is 0 Å². The van der Waals surface area contributed by atoms with Crippen molar-refractivity contribution >= 4 is 11.9 Å². The summed E-state index contributed by atoms with van der Waals surface area (Å²) in [6.07, 6.45) is -1.07. The van der Waals surface area contributed by atoms with E-state index in [1.807, 2.05) is 12.1 Å². The summed E-state index contributed by atoms with van der Waals surface area (Å²) in [5.41, 5.74) is 1.68. The van der Waals surface area contributed by atoms with Crippen molar-refractivity contribution in [3.63, 3.8) is 0 Å². The van der Waals surface area contributed by atoms with Crippen molar-refractivity contribution in [3.05, 3.63) is 23.3 Å². The van der Waals surface area contributed by atoms with Gasteiger partial charge in [-0.05, 0) is 23.3 Å². The zero-order chi connectivity index (χ0) is 15.4. The van der Waals surface area contributed by atoms with Gasteiger partial charge >= 0.3 is 11.9 Å². The molecule has 0 saturated carbocycles. The minimum Gasteiger partial charge on any atom is -0.469 e. The van der Waals surface area contributed by atoms with Crippen molar-refractivity contribution in [2.24, 2.45) is 11.8 Å². The van der Waals surface area contributed by atoms with E-state index in [1.54, 1.807) is 0 Å². The third kappa shape index (κ3) is 1.60. The number of esters is 2. The standard InChI is InChI=1S/C15H14O7/c1-18-14(16)10-11(15(17)19-2)13-7-4-9-8(20-5-21-9)3-6(7)12(10)22-13/h3-4,10-13H,5H2,1-2H3/t10?,11?,12-,13?/m1/s1. The molecule has 0 spiro atoms. The van der Waals surface area contributed by atoms with Crippen LogP contribution < -0.4 is 9.47 Å². The molecule has 3 unspecified atom stereocenters. The zero-order valence-electron chi connectivity index (χ0n) is 12.0. The van der Waals surface area contributed by atoms with E-state index in [1.165, 1.54) is 14.2 Å². The van der Waals surface area contributed by atoms with Gasteiger partial charge in [0.1, 0.15) is 11.8 Å². The fourth-order valence-corrected chi connectivity index (χ4v) is 3.52. The number of hydrogen-bond acceptors (Lipinski definition) is 7. The molecule has 1 aromatic carbocycles. The van der Waals surface area contributed by atoms with Crippen molar-refractivity contribution in [1.29, 1.82) is 0 Å². The molecule has 2 bridgehead atoms. The molecule has 3 aliphatic rings. The molecule has 7 nitrogen and oxygen atoms in total. The molecule has 0 amide bonds. The van der Waals surface area contributed by atoms with E-state index in [0.29, 0.717) is 11.5 Å². The Balaban J connectivity index is 1.81. The molecule has 0 N–H and O–H groups in total. The van der Waals surface area contributed by atoms with Gasteiger partial charge in [0.25, 0.3) is 0 Å². The van der Waals surface area contributed by atoms with Crippen LogP contribution in [0, 0.1) is 11.8 Å². The maximum Gasteiger partial charge on any atom is 0.312 e. The minimum atomic E-state index is -0.713. The van der Waals surface area contributed by atoms with Gasteiger partial charge < -0.3 is 23.7 Å². The van der Waals surface area contributed by atoms with E-state index < -0.39 is 36.0 Å². The summed E-state index contributed by atoms with van der Waals surface area (Å²) in [5.74, 6) is -1.15. The van der Waals surface area contributed by atoms with Crippen molar-refractivity contribution in [2.45, 2.75) is 12.2 Å². The van der Waals surface area contributed by atoms with Crippen molar-refractivity contribution in [3.8, 4) is 11.5 Å². The Morgan fingerprint density at radius 3 is 1.82 bits per heavy atom. The van der Waals surface area contributed by atoms with Crippen LogP contribution in [-0.2, 0) is 23.8 Å². The van der Waals surface area contributed by atoms with Crippen LogP contribution in [0.5, 0.6) is 11.5 Å². The number of fused-ring (bicyclic) bond motifs is 6. The summed E-state index contributed by atoms with van der Waals surface area (Å²) in [6.45, 7) is 0.162.